The molecule has 122 valence electrons. The summed E-state index contributed by atoms with van der Waals surface area (Å²) in [6.45, 7) is 0. The molecule has 0 aliphatic heterocycles. The molecule has 24 heavy (non-hydrogen) atoms. The molecule has 0 aliphatic carbocycles. The zero-order valence-electron chi connectivity index (χ0n) is 12.9. The molecule has 7 heteroatoms. The molecule has 0 saturated carbocycles. The Labute approximate surface area is 146 Å². The van der Waals surface area contributed by atoms with Crippen LogP contribution in [0.4, 0.5) is 0 Å². The van der Waals surface area contributed by atoms with Gasteiger partial charge in [-0.1, -0.05) is 12.1 Å². The molecule has 0 spiro atoms. The molecular weight excluding hydrogens is 344 g/mol. The van der Waals surface area contributed by atoms with E-state index in [1.807, 2.05) is 36.6 Å². The van der Waals surface area contributed by atoms with Crippen LogP contribution in [0.1, 0.15) is 12.1 Å². The van der Waals surface area contributed by atoms with Gasteiger partial charge in [-0.25, -0.2) is 0 Å². The predicted octanol–water partition coefficient (Wildman–Crippen LogP) is 3.46. The number of rotatable bonds is 5. The number of aliphatic carboxylic acids is 1. The van der Waals surface area contributed by atoms with Crippen molar-refractivity contribution in [2.24, 2.45) is 0 Å². The molecule has 0 amide bonds. The van der Waals surface area contributed by atoms with E-state index in [1.54, 1.807) is 17.8 Å². The van der Waals surface area contributed by atoms with Crippen LogP contribution in [-0.2, 0) is 11.2 Å². The van der Waals surface area contributed by atoms with Crippen molar-refractivity contribution >= 4 is 39.2 Å². The largest absolute Gasteiger partial charge is 0.481 e. The summed E-state index contributed by atoms with van der Waals surface area (Å²) in [4.78, 5) is 32.6. The number of benzene rings is 1. The number of hydrogen-bond donors (Lipinski definition) is 1. The Balaban J connectivity index is 2.09. The average Bonchev–Trinajstić information content (AvgIpc) is 2.59. The molecule has 3 aromatic rings. The van der Waals surface area contributed by atoms with Crippen molar-refractivity contribution in [3.63, 3.8) is 0 Å². The van der Waals surface area contributed by atoms with E-state index in [1.165, 1.54) is 11.3 Å². The van der Waals surface area contributed by atoms with Crippen LogP contribution >= 0.6 is 23.1 Å². The number of hydrogen-bond acceptors (Lipinski definition) is 6. The Hall–Kier alpha value is -2.25. The van der Waals surface area contributed by atoms with E-state index < -0.39 is 5.97 Å². The zero-order chi connectivity index (χ0) is 17.1. The summed E-state index contributed by atoms with van der Waals surface area (Å²) in [7, 11) is 0. The predicted molar refractivity (Wildman–Crippen MR) is 96.9 cm³/mol. The van der Waals surface area contributed by atoms with Crippen molar-refractivity contribution in [1.29, 1.82) is 0 Å². The first kappa shape index (κ1) is 16.6. The van der Waals surface area contributed by atoms with Crippen molar-refractivity contribution in [2.75, 3.05) is 6.26 Å². The number of carbonyl (C=O) groups is 1. The van der Waals surface area contributed by atoms with Crippen molar-refractivity contribution in [3.8, 4) is 10.7 Å². The highest BCUT2D eigenvalue weighted by atomic mass is 32.2. The van der Waals surface area contributed by atoms with Crippen LogP contribution in [-0.4, -0.2) is 27.3 Å². The lowest BCUT2D eigenvalue weighted by Crippen LogP contribution is -2.07. The van der Waals surface area contributed by atoms with Gasteiger partial charge in [-0.2, -0.15) is 4.98 Å². The summed E-state index contributed by atoms with van der Waals surface area (Å²) in [5.74, 6) is -0.860. The first-order valence-corrected chi connectivity index (χ1v) is 9.28. The van der Waals surface area contributed by atoms with Gasteiger partial charge >= 0.3 is 5.97 Å². The molecule has 0 fully saturated rings. The summed E-state index contributed by atoms with van der Waals surface area (Å²) in [6.07, 6.45) is 2.31. The monoisotopic (exact) mass is 358 g/mol. The quantitative estimate of drug-likeness (QED) is 0.704. The van der Waals surface area contributed by atoms with E-state index in [0.29, 0.717) is 28.2 Å². The normalized spacial score (nSPS) is 10.9. The van der Waals surface area contributed by atoms with Gasteiger partial charge in [0.2, 0.25) is 0 Å². The fourth-order valence-corrected chi connectivity index (χ4v) is 3.71. The summed E-state index contributed by atoms with van der Waals surface area (Å²) in [5.41, 5.74) is 1.02. The van der Waals surface area contributed by atoms with Crippen molar-refractivity contribution in [1.82, 2.24) is 9.97 Å². The lowest BCUT2D eigenvalue weighted by Gasteiger charge is -2.07. The molecule has 2 heterocycles. The molecule has 0 aliphatic rings. The molecule has 3 rings (SSSR count). The Morgan fingerprint density at radius 1 is 1.25 bits per heavy atom. The standard InChI is InChI=1S/C17H14N2O3S2/c1-23-11-8-10(6-7-15(20)21)18-13(9-11)17-19-16(22)12-4-2-3-5-14(12)24-17/h2-5,8-9H,6-7H2,1H3,(H,20,21). The Morgan fingerprint density at radius 2 is 2.04 bits per heavy atom. The van der Waals surface area contributed by atoms with Gasteiger partial charge in [0.05, 0.1) is 11.8 Å². The second kappa shape index (κ2) is 7.11. The Bertz CT molecular complexity index is 969. The molecule has 2 aromatic heterocycles. The molecule has 0 radical (unpaired) electrons. The smallest absolute Gasteiger partial charge is 0.303 e. The van der Waals surface area contributed by atoms with Crippen molar-refractivity contribution in [3.05, 3.63) is 52.4 Å². The van der Waals surface area contributed by atoms with E-state index in [4.69, 9.17) is 5.11 Å². The number of thioether (sulfide) groups is 1. The number of pyridine rings is 1. The maximum atomic E-state index is 12.2. The van der Waals surface area contributed by atoms with Crippen LogP contribution in [0, 0.1) is 0 Å². The summed E-state index contributed by atoms with van der Waals surface area (Å²) in [5, 5.41) is 10.0. The van der Waals surface area contributed by atoms with Gasteiger partial charge in [0.1, 0.15) is 10.7 Å². The van der Waals surface area contributed by atoms with Gasteiger partial charge in [0, 0.05) is 21.7 Å². The minimum Gasteiger partial charge on any atom is -0.481 e. The highest BCUT2D eigenvalue weighted by Gasteiger charge is 2.11. The molecular formula is C17H14N2O3S2. The van der Waals surface area contributed by atoms with Crippen LogP contribution < -0.4 is 5.56 Å². The van der Waals surface area contributed by atoms with Gasteiger partial charge in [-0.05, 0) is 30.5 Å². The number of fused-ring (bicyclic) bond motifs is 1. The van der Waals surface area contributed by atoms with Crippen LogP contribution in [0.25, 0.3) is 20.8 Å². The molecule has 1 N–H and O–H groups in total. The molecule has 1 aromatic carbocycles. The van der Waals surface area contributed by atoms with E-state index in [2.05, 4.69) is 9.97 Å². The SMILES string of the molecule is CSc1cc(CCC(=O)O)nc(-c2nc(=O)c3ccccc3s2)c1. The highest BCUT2D eigenvalue weighted by Crippen LogP contribution is 2.28. The average molecular weight is 358 g/mol. The molecule has 0 bridgehead atoms. The summed E-state index contributed by atoms with van der Waals surface area (Å²) < 4.78 is 0.857. The summed E-state index contributed by atoms with van der Waals surface area (Å²) >= 11 is 2.95. The minimum atomic E-state index is -0.860. The minimum absolute atomic E-state index is 0.0195. The molecule has 5 nitrogen and oxygen atoms in total. The number of nitrogens with zero attached hydrogens (tertiary/aromatic N) is 2. The third-order valence-electron chi connectivity index (χ3n) is 3.43. The number of aromatic nitrogens is 2. The zero-order valence-corrected chi connectivity index (χ0v) is 14.5. The van der Waals surface area contributed by atoms with Gasteiger partial charge in [-0.3, -0.25) is 14.6 Å². The lowest BCUT2D eigenvalue weighted by molar-refractivity contribution is -0.136. The third-order valence-corrected chi connectivity index (χ3v) is 5.21. The summed E-state index contributed by atoms with van der Waals surface area (Å²) in [6, 6.07) is 11.1. The van der Waals surface area contributed by atoms with Gasteiger partial charge in [0.15, 0.2) is 0 Å². The number of carboxylic acid groups (broad SMARTS) is 1. The first-order valence-electron chi connectivity index (χ1n) is 7.24. The van der Waals surface area contributed by atoms with E-state index >= 15 is 0 Å². The number of aryl methyl sites for hydroxylation is 1. The molecule has 0 atom stereocenters. The van der Waals surface area contributed by atoms with Crippen LogP contribution in [0.15, 0.2) is 46.1 Å². The number of carboxylic acids is 1. The fraction of sp³-hybridized carbons (Fsp3) is 0.176. The van der Waals surface area contributed by atoms with E-state index in [0.717, 1.165) is 9.60 Å². The highest BCUT2D eigenvalue weighted by molar-refractivity contribution is 7.98. The van der Waals surface area contributed by atoms with E-state index in [-0.39, 0.29) is 12.0 Å². The Kier molecular flexibility index (Phi) is 4.92. The Morgan fingerprint density at radius 3 is 2.79 bits per heavy atom. The topological polar surface area (TPSA) is 80.2 Å². The molecule has 0 saturated heterocycles. The van der Waals surface area contributed by atoms with Gasteiger partial charge in [-0.15, -0.1) is 23.1 Å². The lowest BCUT2D eigenvalue weighted by atomic mass is 10.2. The van der Waals surface area contributed by atoms with Gasteiger partial charge < -0.3 is 5.11 Å². The van der Waals surface area contributed by atoms with E-state index in [9.17, 15) is 9.59 Å². The fourth-order valence-electron chi connectivity index (χ4n) is 2.27. The van der Waals surface area contributed by atoms with Gasteiger partial charge in [0.25, 0.3) is 5.56 Å². The van der Waals surface area contributed by atoms with Crippen molar-refractivity contribution in [2.45, 2.75) is 17.7 Å². The second-order valence-corrected chi connectivity index (χ2v) is 7.01. The molecule has 0 unspecified atom stereocenters. The third kappa shape index (κ3) is 3.63. The van der Waals surface area contributed by atoms with Crippen LogP contribution in [0.5, 0.6) is 0 Å². The maximum absolute atomic E-state index is 12.2. The van der Waals surface area contributed by atoms with Crippen LogP contribution in [0.2, 0.25) is 0 Å². The first-order chi connectivity index (χ1) is 11.6. The second-order valence-electron chi connectivity index (χ2n) is 5.10. The van der Waals surface area contributed by atoms with Crippen LogP contribution in [0.3, 0.4) is 0 Å². The maximum Gasteiger partial charge on any atom is 0.303 e. The van der Waals surface area contributed by atoms with Crippen molar-refractivity contribution < 1.29 is 9.90 Å².